The summed E-state index contributed by atoms with van der Waals surface area (Å²) >= 11 is 0. The van der Waals surface area contributed by atoms with Gasteiger partial charge < -0.3 is 9.47 Å². The summed E-state index contributed by atoms with van der Waals surface area (Å²) in [7, 11) is 0. The third-order valence-corrected chi connectivity index (χ3v) is 18.1. The molecule has 2 nitrogen and oxygen atoms in total. The summed E-state index contributed by atoms with van der Waals surface area (Å²) < 4.78 is 2.55. The summed E-state index contributed by atoms with van der Waals surface area (Å²) in [6.45, 7) is 41.7. The van der Waals surface area contributed by atoms with Crippen molar-refractivity contribution in [2.75, 3.05) is 4.90 Å². The van der Waals surface area contributed by atoms with Crippen molar-refractivity contribution in [1.82, 2.24) is 4.57 Å². The van der Waals surface area contributed by atoms with Crippen LogP contribution in [0, 0.1) is 0 Å². The molecule has 84 heavy (non-hydrogen) atoms. The number of nitrogens with zero attached hydrogens (tertiary/aromatic N) is 2. The molecule has 2 heteroatoms. The normalized spacial score (nSPS) is 13.1. The van der Waals surface area contributed by atoms with Crippen molar-refractivity contribution in [1.29, 1.82) is 0 Å². The zero-order chi connectivity index (χ0) is 59.8. The Kier molecular flexibility index (Phi) is 13.4. The van der Waals surface area contributed by atoms with Crippen LogP contribution in [0.3, 0.4) is 0 Å². The highest BCUT2D eigenvalue weighted by Crippen LogP contribution is 2.52. The average Bonchev–Trinajstić information content (AvgIpc) is 1.26. The number of benzene rings is 11. The number of para-hydroxylation sites is 1. The van der Waals surface area contributed by atoms with Crippen LogP contribution in [0.2, 0.25) is 0 Å². The van der Waals surface area contributed by atoms with E-state index in [2.05, 4.69) is 328 Å². The Hall–Kier alpha value is -7.94. The maximum absolute atomic E-state index is 2.59. The molecule has 0 unspecified atom stereocenters. The first-order valence-corrected chi connectivity index (χ1v) is 30.7. The summed E-state index contributed by atoms with van der Waals surface area (Å²) in [6.07, 6.45) is 0. The van der Waals surface area contributed by atoms with E-state index in [9.17, 15) is 0 Å². The molecule has 12 aromatic rings. The fourth-order valence-electron chi connectivity index (χ4n) is 12.8. The molecular formula is C82H86N2. The van der Waals surface area contributed by atoms with Gasteiger partial charge in [-0.25, -0.2) is 0 Å². The van der Waals surface area contributed by atoms with Gasteiger partial charge >= 0.3 is 0 Å². The predicted octanol–water partition coefficient (Wildman–Crippen LogP) is 23.9. The molecule has 0 atom stereocenters. The molecule has 12 rings (SSSR count). The summed E-state index contributed by atoms with van der Waals surface area (Å²) in [5.74, 6) is 0. The zero-order valence-corrected chi connectivity index (χ0v) is 53.4. The van der Waals surface area contributed by atoms with E-state index in [1.165, 1.54) is 127 Å². The first kappa shape index (κ1) is 56.5. The molecule has 1 heterocycles. The van der Waals surface area contributed by atoms with E-state index in [4.69, 9.17) is 0 Å². The van der Waals surface area contributed by atoms with Crippen molar-refractivity contribution in [3.05, 3.63) is 228 Å². The van der Waals surface area contributed by atoms with Gasteiger partial charge in [0.15, 0.2) is 0 Å². The molecular weight excluding hydrogens is 1010 g/mol. The summed E-state index contributed by atoms with van der Waals surface area (Å²) in [6, 6.07) is 75.7. The standard InChI is InChI=1S/C82H86N2/c1-77(2,3)57-32-22-52(23-33-57)64-20-19-21-65(53-24-34-58(35-25-53)78(4,5)6)76(64)83(63-38-26-51(27-39-63)56-46-61(81(13,14)15)48-62(47-56)82(16,17)18)70-42-30-54-29-41-67-71(43-31-55-28-40-66(70)74(54)75(55)67)84-72-44-36-59(79(7,8)9)49-68(72)69-50-60(80(10,11)12)37-45-73(69)84/h19-50H,1-18H3. The number of hydrogen-bond acceptors (Lipinski definition) is 1. The predicted molar refractivity (Wildman–Crippen MR) is 368 cm³/mol. The number of aromatic nitrogens is 1. The summed E-state index contributed by atoms with van der Waals surface area (Å²) in [4.78, 5) is 2.59. The average molecular weight is 1100 g/mol. The van der Waals surface area contributed by atoms with Crippen LogP contribution < -0.4 is 4.90 Å². The van der Waals surface area contributed by atoms with Gasteiger partial charge in [0.25, 0.3) is 0 Å². The van der Waals surface area contributed by atoms with Gasteiger partial charge in [0.1, 0.15) is 0 Å². The monoisotopic (exact) mass is 1100 g/mol. The van der Waals surface area contributed by atoms with Crippen LogP contribution in [-0.4, -0.2) is 4.57 Å². The lowest BCUT2D eigenvalue weighted by atomic mass is 9.79. The Morgan fingerprint density at radius 1 is 0.286 bits per heavy atom. The summed E-state index contributed by atoms with van der Waals surface area (Å²) in [5, 5.41) is 10.1. The Bertz CT molecular complexity index is 4300. The molecule has 0 amide bonds. The minimum atomic E-state index is -0.00538. The quantitative estimate of drug-likeness (QED) is 0.144. The molecule has 11 aromatic carbocycles. The highest BCUT2D eigenvalue weighted by molar-refractivity contribution is 6.28. The first-order chi connectivity index (χ1) is 39.4. The molecule has 0 spiro atoms. The van der Waals surface area contributed by atoms with E-state index in [1.807, 2.05) is 0 Å². The van der Waals surface area contributed by atoms with Gasteiger partial charge in [0, 0.05) is 38.4 Å². The van der Waals surface area contributed by atoms with Gasteiger partial charge in [0.2, 0.25) is 0 Å². The SMILES string of the molecule is CC(C)(C)c1ccc(-c2cccc(-c3ccc(C(C)(C)C)cc3)c2N(c2ccc(-c3cc(C(C)(C)C)cc(C(C)(C)C)c3)cc2)c2ccc3ccc4c(-n5c6ccc(C(C)(C)C)cc6c6cc(C(C)(C)C)ccc65)ccc5ccc2c3c54)cc1. The Balaban J connectivity index is 1.14. The van der Waals surface area contributed by atoms with Crippen LogP contribution in [0.4, 0.5) is 17.1 Å². The van der Waals surface area contributed by atoms with Gasteiger partial charge in [-0.1, -0.05) is 270 Å². The molecule has 0 bridgehead atoms. The maximum Gasteiger partial charge on any atom is 0.0618 e. The third kappa shape index (κ3) is 10.1. The maximum atomic E-state index is 2.59. The van der Waals surface area contributed by atoms with Crippen molar-refractivity contribution in [2.45, 2.75) is 157 Å². The molecule has 0 saturated heterocycles. The lowest BCUT2D eigenvalue weighted by Crippen LogP contribution is -2.16. The fraction of sp³-hybridized carbons (Fsp3) is 0.293. The van der Waals surface area contributed by atoms with Crippen LogP contribution in [0.15, 0.2) is 194 Å². The van der Waals surface area contributed by atoms with Crippen LogP contribution in [0.5, 0.6) is 0 Å². The first-order valence-electron chi connectivity index (χ1n) is 30.7. The fourth-order valence-corrected chi connectivity index (χ4v) is 12.8. The molecule has 0 aliphatic heterocycles. The topological polar surface area (TPSA) is 8.17 Å². The van der Waals surface area contributed by atoms with E-state index in [-0.39, 0.29) is 32.5 Å². The van der Waals surface area contributed by atoms with Crippen molar-refractivity contribution in [3.8, 4) is 39.1 Å². The second kappa shape index (κ2) is 19.8. The molecule has 0 fully saturated rings. The lowest BCUT2D eigenvalue weighted by Gasteiger charge is -2.32. The van der Waals surface area contributed by atoms with Crippen LogP contribution in [0.1, 0.15) is 158 Å². The smallest absolute Gasteiger partial charge is 0.0618 e. The van der Waals surface area contributed by atoms with Gasteiger partial charge in [0.05, 0.1) is 28.1 Å². The zero-order valence-electron chi connectivity index (χ0n) is 53.4. The van der Waals surface area contributed by atoms with Crippen LogP contribution >= 0.6 is 0 Å². The van der Waals surface area contributed by atoms with E-state index >= 15 is 0 Å². The minimum absolute atomic E-state index is 0.00538. The minimum Gasteiger partial charge on any atom is -0.309 e. The van der Waals surface area contributed by atoms with Crippen molar-refractivity contribution in [2.24, 2.45) is 0 Å². The van der Waals surface area contributed by atoms with Gasteiger partial charge in [-0.15, -0.1) is 0 Å². The van der Waals surface area contributed by atoms with E-state index in [1.54, 1.807) is 0 Å². The molecule has 424 valence electrons. The molecule has 0 radical (unpaired) electrons. The summed E-state index contributed by atoms with van der Waals surface area (Å²) in [5.41, 5.74) is 22.2. The van der Waals surface area contributed by atoms with Crippen molar-refractivity contribution < 1.29 is 0 Å². The highest BCUT2D eigenvalue weighted by Gasteiger charge is 2.29. The van der Waals surface area contributed by atoms with E-state index in [0.717, 1.165) is 17.1 Å². The van der Waals surface area contributed by atoms with Crippen molar-refractivity contribution >= 4 is 71.2 Å². The van der Waals surface area contributed by atoms with Gasteiger partial charge in [-0.3, -0.25) is 0 Å². The molecule has 0 N–H and O–H groups in total. The number of anilines is 3. The number of rotatable bonds is 7. The second-order valence-electron chi connectivity index (χ2n) is 30.4. The Morgan fingerprint density at radius 2 is 0.679 bits per heavy atom. The van der Waals surface area contributed by atoms with Gasteiger partial charge in [-0.2, -0.15) is 0 Å². The Morgan fingerprint density at radius 3 is 1.13 bits per heavy atom. The second-order valence-corrected chi connectivity index (χ2v) is 30.4. The third-order valence-electron chi connectivity index (χ3n) is 18.1. The van der Waals surface area contributed by atoms with Crippen molar-refractivity contribution in [3.63, 3.8) is 0 Å². The molecule has 0 aliphatic carbocycles. The Labute approximate surface area is 501 Å². The molecule has 1 aromatic heterocycles. The van der Waals surface area contributed by atoms with Crippen LogP contribution in [-0.2, 0) is 32.5 Å². The van der Waals surface area contributed by atoms with E-state index < -0.39 is 0 Å². The highest BCUT2D eigenvalue weighted by atomic mass is 15.1. The van der Waals surface area contributed by atoms with Crippen LogP contribution in [0.25, 0.3) is 93.2 Å². The lowest BCUT2D eigenvalue weighted by molar-refractivity contribution is 0.569. The molecule has 0 saturated carbocycles. The number of fused-ring (bicyclic) bond motifs is 3. The molecule has 0 aliphatic rings. The van der Waals surface area contributed by atoms with Gasteiger partial charge in [-0.05, 0) is 158 Å². The van der Waals surface area contributed by atoms with E-state index in [0.29, 0.717) is 0 Å². The number of hydrogen-bond donors (Lipinski definition) is 0. The largest absolute Gasteiger partial charge is 0.309 e.